The molecule has 5 aliphatic carbocycles. The lowest BCUT2D eigenvalue weighted by Crippen LogP contribution is -2.66. The van der Waals surface area contributed by atoms with Crippen molar-refractivity contribution in [1.29, 1.82) is 0 Å². The molecule has 0 aromatic carbocycles. The normalized spacial score (nSPS) is 51.7. The molecule has 260 valence electrons. The molecule has 0 radical (unpaired) electrons. The van der Waals surface area contributed by atoms with E-state index in [1.54, 1.807) is 0 Å². The van der Waals surface area contributed by atoms with E-state index >= 15 is 4.39 Å². The van der Waals surface area contributed by atoms with E-state index in [1.165, 1.54) is 5.57 Å². The molecule has 5 N–H and O–H groups in total. The van der Waals surface area contributed by atoms with Gasteiger partial charge >= 0.3 is 11.9 Å². The summed E-state index contributed by atoms with van der Waals surface area (Å²) >= 11 is 0. The highest BCUT2D eigenvalue weighted by atomic mass is 19.1. The number of ether oxygens (including phenoxy) is 1. The van der Waals surface area contributed by atoms with Crippen molar-refractivity contribution in [3.8, 4) is 0 Å². The fourth-order valence-corrected chi connectivity index (χ4v) is 12.8. The van der Waals surface area contributed by atoms with E-state index in [4.69, 9.17) is 4.74 Å². The topological polar surface area (TPSA) is 145 Å². The minimum atomic E-state index is -1.85. The average molecular weight is 649 g/mol. The van der Waals surface area contributed by atoms with Crippen LogP contribution in [0, 0.1) is 56.2 Å². The lowest BCUT2D eigenvalue weighted by Gasteiger charge is -2.71. The number of aliphatic carboxylic acids is 2. The molecule has 0 amide bonds. The summed E-state index contributed by atoms with van der Waals surface area (Å²) < 4.78 is 22.1. The van der Waals surface area contributed by atoms with Crippen LogP contribution in [0.15, 0.2) is 11.6 Å². The van der Waals surface area contributed by atoms with E-state index in [0.29, 0.717) is 18.8 Å². The first-order chi connectivity index (χ1) is 21.2. The predicted molar refractivity (Wildman–Crippen MR) is 169 cm³/mol. The lowest BCUT2D eigenvalue weighted by molar-refractivity contribution is -0.254. The van der Waals surface area contributed by atoms with Crippen LogP contribution in [0.5, 0.6) is 0 Å². The van der Waals surface area contributed by atoms with Gasteiger partial charge in [-0.15, -0.1) is 0 Å². The molecular weight excluding hydrogens is 591 g/mol. The van der Waals surface area contributed by atoms with Crippen LogP contribution in [0.3, 0.4) is 0 Å². The van der Waals surface area contributed by atoms with Crippen molar-refractivity contribution in [3.63, 3.8) is 0 Å². The van der Waals surface area contributed by atoms with Gasteiger partial charge in [-0.25, -0.2) is 9.18 Å². The summed E-state index contributed by atoms with van der Waals surface area (Å²) in [4.78, 5) is 24.7. The summed E-state index contributed by atoms with van der Waals surface area (Å²) in [6, 6.07) is 0. The third-order valence-electron chi connectivity index (χ3n) is 15.8. The first-order valence-corrected chi connectivity index (χ1v) is 17.7. The Morgan fingerprint density at radius 1 is 0.848 bits per heavy atom. The zero-order valence-electron chi connectivity index (χ0n) is 28.8. The molecule has 9 heteroatoms. The van der Waals surface area contributed by atoms with Crippen molar-refractivity contribution >= 4 is 11.9 Å². The first kappa shape index (κ1) is 34.3. The summed E-state index contributed by atoms with van der Waals surface area (Å²) in [7, 11) is 0. The van der Waals surface area contributed by atoms with Crippen LogP contribution in [0.25, 0.3) is 0 Å². The Labute approximate surface area is 273 Å². The number of alkyl halides is 1. The highest BCUT2D eigenvalue weighted by Crippen LogP contribution is 2.76. The molecule has 0 aromatic rings. The number of carbonyl (C=O) groups is 2. The number of aliphatic hydroxyl groups is 3. The van der Waals surface area contributed by atoms with E-state index in [9.17, 15) is 35.1 Å². The van der Waals surface area contributed by atoms with Gasteiger partial charge in [0.05, 0.1) is 5.41 Å². The molecule has 7 unspecified atom stereocenters. The molecule has 4 saturated carbocycles. The molecule has 6 aliphatic rings. The summed E-state index contributed by atoms with van der Waals surface area (Å²) in [5.74, 6) is -2.13. The van der Waals surface area contributed by atoms with Gasteiger partial charge < -0.3 is 30.3 Å². The first-order valence-electron chi connectivity index (χ1n) is 17.7. The lowest BCUT2D eigenvalue weighted by atomic mass is 9.33. The fraction of sp³-hybridized carbons (Fsp3) is 0.892. The monoisotopic (exact) mass is 648 g/mol. The van der Waals surface area contributed by atoms with Crippen LogP contribution in [0.2, 0.25) is 0 Å². The summed E-state index contributed by atoms with van der Waals surface area (Å²) in [5, 5.41) is 51.5. The van der Waals surface area contributed by atoms with Gasteiger partial charge in [-0.3, -0.25) is 4.79 Å². The van der Waals surface area contributed by atoms with Crippen LogP contribution < -0.4 is 0 Å². The maximum Gasteiger partial charge on any atom is 0.335 e. The zero-order valence-corrected chi connectivity index (χ0v) is 28.8. The molecule has 1 saturated heterocycles. The number of carboxylic acid groups (broad SMARTS) is 2. The molecule has 1 aliphatic heterocycles. The minimum Gasteiger partial charge on any atom is -0.481 e. The van der Waals surface area contributed by atoms with Gasteiger partial charge in [-0.05, 0) is 115 Å². The number of hydrogen-bond donors (Lipinski definition) is 5. The van der Waals surface area contributed by atoms with Crippen LogP contribution in [0.4, 0.5) is 4.39 Å². The Kier molecular flexibility index (Phi) is 8.00. The van der Waals surface area contributed by atoms with Crippen molar-refractivity contribution in [1.82, 2.24) is 0 Å². The Morgan fingerprint density at radius 3 is 2.13 bits per heavy atom. The van der Waals surface area contributed by atoms with E-state index in [0.717, 1.165) is 51.4 Å². The quantitative estimate of drug-likeness (QED) is 0.242. The van der Waals surface area contributed by atoms with Crippen molar-refractivity contribution in [2.45, 2.75) is 149 Å². The second-order valence-electron chi connectivity index (χ2n) is 18.4. The average Bonchev–Trinajstić information content (AvgIpc) is 2.95. The zero-order chi connectivity index (χ0) is 34.0. The Morgan fingerprint density at radius 2 is 1.50 bits per heavy atom. The third-order valence-corrected chi connectivity index (χ3v) is 15.8. The van der Waals surface area contributed by atoms with Crippen LogP contribution in [-0.2, 0) is 14.3 Å². The summed E-state index contributed by atoms with van der Waals surface area (Å²) in [5.41, 5.74) is 0.0251. The molecule has 5 fully saturated rings. The van der Waals surface area contributed by atoms with Crippen LogP contribution in [-0.4, -0.2) is 74.2 Å². The second kappa shape index (κ2) is 10.7. The number of aliphatic hydroxyl groups excluding tert-OH is 3. The summed E-state index contributed by atoms with van der Waals surface area (Å²) in [6.07, 6.45) is 0.122. The van der Waals surface area contributed by atoms with Crippen LogP contribution >= 0.6 is 0 Å². The van der Waals surface area contributed by atoms with Crippen LogP contribution in [0.1, 0.15) is 113 Å². The standard InChI is InChI=1S/C37H57FO8/c1-32(2)14-16-37(31(44)45)17-15-35(6)19(21(37)18-32)8-9-23-34(5)12-10-20(33(3,4)22(34)11-13-36(23,35)7)24(38)28-26(40)25(39)27(41)29(46-28)30(42)43/h8,20-29,39-41H,9-18H2,1-7H3,(H,42,43)(H,44,45)/t20-,21?,22?,23?,24?,25?,26?,27+,28+,29?,34+,35-,36-,37+/m1/s1. The van der Waals surface area contributed by atoms with Gasteiger partial charge in [-0.1, -0.05) is 60.1 Å². The molecule has 6 rings (SSSR count). The predicted octanol–water partition coefficient (Wildman–Crippen LogP) is 5.76. The fourth-order valence-electron chi connectivity index (χ4n) is 12.8. The smallest absolute Gasteiger partial charge is 0.335 e. The summed E-state index contributed by atoms with van der Waals surface area (Å²) in [6.45, 7) is 16.0. The Hall–Kier alpha value is -1.55. The van der Waals surface area contributed by atoms with Gasteiger partial charge in [0.1, 0.15) is 30.6 Å². The van der Waals surface area contributed by atoms with Gasteiger partial charge in [0.25, 0.3) is 0 Å². The number of rotatable bonds is 4. The van der Waals surface area contributed by atoms with Gasteiger partial charge in [0.2, 0.25) is 0 Å². The molecule has 46 heavy (non-hydrogen) atoms. The molecule has 14 atom stereocenters. The van der Waals surface area contributed by atoms with Crippen molar-refractivity contribution in [2.24, 2.45) is 56.2 Å². The number of hydrogen-bond acceptors (Lipinski definition) is 6. The number of carboxylic acids is 2. The van der Waals surface area contributed by atoms with Gasteiger partial charge in [0.15, 0.2) is 6.10 Å². The minimum absolute atomic E-state index is 0.0374. The molecule has 0 spiro atoms. The van der Waals surface area contributed by atoms with Crippen molar-refractivity contribution < 1.29 is 44.2 Å². The Balaban J connectivity index is 1.31. The van der Waals surface area contributed by atoms with E-state index in [-0.39, 0.29) is 33.5 Å². The maximum absolute atomic E-state index is 16.6. The molecule has 8 nitrogen and oxygen atoms in total. The molecule has 0 aromatic heterocycles. The van der Waals surface area contributed by atoms with E-state index < -0.39 is 65.4 Å². The SMILES string of the molecule is CC1(C)CC[C@]2(C(=O)O)CC[C@]3(C)C(=CCC4[C@@]5(C)CC[C@H](C(F)[C@@H]6OC(C(=O)O)[C@@H](O)C(O)C6O)C(C)(C)C5CC[C@]43C)C2C1. The largest absolute Gasteiger partial charge is 0.481 e. The van der Waals surface area contributed by atoms with Crippen molar-refractivity contribution in [3.05, 3.63) is 11.6 Å². The number of halogens is 1. The van der Waals surface area contributed by atoms with Gasteiger partial charge in [-0.2, -0.15) is 0 Å². The van der Waals surface area contributed by atoms with Crippen molar-refractivity contribution in [2.75, 3.05) is 0 Å². The number of allylic oxidation sites excluding steroid dienone is 2. The second-order valence-corrected chi connectivity index (χ2v) is 18.4. The highest BCUT2D eigenvalue weighted by molar-refractivity contribution is 5.76. The molecule has 1 heterocycles. The van der Waals surface area contributed by atoms with E-state index in [2.05, 4.69) is 54.5 Å². The maximum atomic E-state index is 16.6. The molecular formula is C37H57FO8. The van der Waals surface area contributed by atoms with E-state index in [1.807, 2.05) is 0 Å². The van der Waals surface area contributed by atoms with Gasteiger partial charge in [0, 0.05) is 0 Å². The molecule has 0 bridgehead atoms. The third kappa shape index (κ3) is 4.49. The number of fused-ring (bicyclic) bond motifs is 7. The highest BCUT2D eigenvalue weighted by Gasteiger charge is 2.70. The Bertz CT molecular complexity index is 1300.